The fourth-order valence-corrected chi connectivity index (χ4v) is 5.31. The Morgan fingerprint density at radius 3 is 2.50 bits per heavy atom. The minimum atomic E-state index is -4.63. The number of nitrogens with zero attached hydrogens (tertiary/aromatic N) is 6. The highest BCUT2D eigenvalue weighted by Gasteiger charge is 2.34. The number of pyridine rings is 1. The van der Waals surface area contributed by atoms with E-state index in [1.165, 1.54) is 30.8 Å². The highest BCUT2D eigenvalue weighted by atomic mass is 79.9. The van der Waals surface area contributed by atoms with E-state index < -0.39 is 17.9 Å². The molecule has 3 aromatic heterocycles. The minimum absolute atomic E-state index is 0.00677. The third kappa shape index (κ3) is 4.92. The Bertz CT molecular complexity index is 1500. The zero-order valence-electron chi connectivity index (χ0n) is 20.1. The molecular formula is C23H21BrF3N7O3S. The van der Waals surface area contributed by atoms with Gasteiger partial charge in [-0.25, -0.2) is 9.97 Å². The molecule has 4 aromatic rings. The van der Waals surface area contributed by atoms with E-state index in [-0.39, 0.29) is 34.5 Å². The van der Waals surface area contributed by atoms with Crippen LogP contribution < -0.4 is 15.4 Å². The van der Waals surface area contributed by atoms with E-state index in [1.807, 2.05) is 4.90 Å². The minimum Gasteiger partial charge on any atom is -0.494 e. The number of anilines is 1. The van der Waals surface area contributed by atoms with Crippen LogP contribution in [-0.2, 0) is 6.18 Å². The summed E-state index contributed by atoms with van der Waals surface area (Å²) in [5.74, 6) is 0.0441. The van der Waals surface area contributed by atoms with Gasteiger partial charge in [0.15, 0.2) is 11.5 Å². The van der Waals surface area contributed by atoms with Crippen LogP contribution in [-0.4, -0.2) is 63.4 Å². The van der Waals surface area contributed by atoms with Gasteiger partial charge in [-0.05, 0) is 47.1 Å². The Morgan fingerprint density at radius 1 is 1.16 bits per heavy atom. The molecule has 0 spiro atoms. The molecule has 1 aliphatic rings. The van der Waals surface area contributed by atoms with Gasteiger partial charge in [0, 0.05) is 48.7 Å². The van der Waals surface area contributed by atoms with Crippen LogP contribution in [0.15, 0.2) is 33.4 Å². The molecule has 1 amide bonds. The molecule has 200 valence electrons. The SMILES string of the molecule is COc1ccc(-c2nc(C(=O)N3CCN(c4nc(Br)ns4)CC3)c([C@H](C)N)o2)c2ccc(C(F)(F)F)nc12. The summed E-state index contributed by atoms with van der Waals surface area (Å²) in [5, 5.41) is 1.09. The second kappa shape index (κ2) is 10.1. The largest absolute Gasteiger partial charge is 0.494 e. The third-order valence-electron chi connectivity index (χ3n) is 6.06. The molecule has 10 nitrogen and oxygen atoms in total. The topological polar surface area (TPSA) is 124 Å². The quantitative estimate of drug-likeness (QED) is 0.347. The van der Waals surface area contributed by atoms with Gasteiger partial charge in [0.05, 0.1) is 13.2 Å². The molecule has 0 unspecified atom stereocenters. The van der Waals surface area contributed by atoms with E-state index >= 15 is 0 Å². The number of aromatic nitrogens is 4. The smallest absolute Gasteiger partial charge is 0.433 e. The lowest BCUT2D eigenvalue weighted by Crippen LogP contribution is -2.49. The molecule has 1 atom stereocenters. The van der Waals surface area contributed by atoms with Crippen LogP contribution in [0.4, 0.5) is 18.3 Å². The molecule has 1 saturated heterocycles. The summed E-state index contributed by atoms with van der Waals surface area (Å²) in [6.07, 6.45) is -4.63. The van der Waals surface area contributed by atoms with Gasteiger partial charge in [-0.1, -0.05) is 0 Å². The molecule has 0 saturated carbocycles. The average molecular weight is 612 g/mol. The van der Waals surface area contributed by atoms with Crippen molar-refractivity contribution in [1.29, 1.82) is 0 Å². The number of piperazine rings is 1. The molecule has 5 rings (SSSR count). The van der Waals surface area contributed by atoms with Crippen molar-refractivity contribution in [3.8, 4) is 17.2 Å². The van der Waals surface area contributed by atoms with Crippen molar-refractivity contribution in [2.45, 2.75) is 19.1 Å². The van der Waals surface area contributed by atoms with Crippen LogP contribution >= 0.6 is 27.5 Å². The van der Waals surface area contributed by atoms with E-state index in [1.54, 1.807) is 17.9 Å². The standard InChI is InChI=1S/C23H21BrF3N7O3S/c1-11(28)18-17(20(35)33-7-9-34(10-8-33)22-31-21(24)32-38-22)30-19(37-18)13-3-5-14(36-2)16-12(13)4-6-15(29-16)23(25,26)27/h3-6,11H,7-10,28H2,1-2H3/t11-/m0/s1. The van der Waals surface area contributed by atoms with Crippen molar-refractivity contribution in [2.24, 2.45) is 5.73 Å². The number of hydrogen-bond acceptors (Lipinski definition) is 10. The number of nitrogens with two attached hydrogens (primary N) is 1. The lowest BCUT2D eigenvalue weighted by molar-refractivity contribution is -0.140. The molecule has 1 fully saturated rings. The number of carbonyl (C=O) groups excluding carboxylic acids is 1. The molecule has 15 heteroatoms. The fourth-order valence-electron chi connectivity index (χ4n) is 4.19. The second-order valence-corrected chi connectivity index (χ2v) is 9.99. The molecule has 0 bridgehead atoms. The van der Waals surface area contributed by atoms with E-state index in [9.17, 15) is 18.0 Å². The summed E-state index contributed by atoms with van der Waals surface area (Å²) in [5.41, 5.74) is 5.47. The Hall–Kier alpha value is -3.30. The number of methoxy groups -OCH3 is 1. The van der Waals surface area contributed by atoms with Crippen LogP contribution in [0, 0.1) is 0 Å². The number of oxazole rings is 1. The van der Waals surface area contributed by atoms with Crippen LogP contribution in [0.2, 0.25) is 0 Å². The number of hydrogen-bond donors (Lipinski definition) is 1. The molecule has 1 aromatic carbocycles. The maximum Gasteiger partial charge on any atom is 0.433 e. The monoisotopic (exact) mass is 611 g/mol. The first kappa shape index (κ1) is 26.3. The van der Waals surface area contributed by atoms with E-state index in [2.05, 4.69) is 35.3 Å². The van der Waals surface area contributed by atoms with Gasteiger partial charge in [-0.15, -0.1) is 0 Å². The number of rotatable bonds is 5. The summed E-state index contributed by atoms with van der Waals surface area (Å²) in [7, 11) is 1.34. The zero-order valence-corrected chi connectivity index (χ0v) is 22.5. The molecule has 2 N–H and O–H groups in total. The highest BCUT2D eigenvalue weighted by Crippen LogP contribution is 2.37. The highest BCUT2D eigenvalue weighted by molar-refractivity contribution is 9.10. The Labute approximate surface area is 226 Å². The number of benzene rings is 1. The maximum atomic E-state index is 13.5. The summed E-state index contributed by atoms with van der Waals surface area (Å²) >= 11 is 4.52. The number of fused-ring (bicyclic) bond motifs is 1. The Kier molecular flexibility index (Phi) is 7.00. The van der Waals surface area contributed by atoms with Crippen LogP contribution in [0.1, 0.15) is 34.9 Å². The fraction of sp³-hybridized carbons (Fsp3) is 0.348. The van der Waals surface area contributed by atoms with Gasteiger partial charge in [0.2, 0.25) is 15.8 Å². The van der Waals surface area contributed by atoms with Gasteiger partial charge < -0.3 is 24.7 Å². The second-order valence-electron chi connectivity index (χ2n) is 8.55. The normalized spacial score (nSPS) is 15.2. The predicted octanol–water partition coefficient (Wildman–Crippen LogP) is 4.51. The van der Waals surface area contributed by atoms with Crippen LogP contribution in [0.3, 0.4) is 0 Å². The summed E-state index contributed by atoms with van der Waals surface area (Å²) in [4.78, 5) is 29.7. The van der Waals surface area contributed by atoms with Crippen molar-refractivity contribution in [1.82, 2.24) is 24.2 Å². The molecule has 4 heterocycles. The van der Waals surface area contributed by atoms with Crippen molar-refractivity contribution >= 4 is 49.4 Å². The van der Waals surface area contributed by atoms with Gasteiger partial charge >= 0.3 is 6.18 Å². The Balaban J connectivity index is 1.48. The molecule has 38 heavy (non-hydrogen) atoms. The third-order valence-corrected chi connectivity index (χ3v) is 7.42. The van der Waals surface area contributed by atoms with Crippen molar-refractivity contribution in [3.63, 3.8) is 0 Å². The Morgan fingerprint density at radius 2 is 1.89 bits per heavy atom. The van der Waals surface area contributed by atoms with Crippen molar-refractivity contribution in [3.05, 3.63) is 46.1 Å². The van der Waals surface area contributed by atoms with Crippen molar-refractivity contribution in [2.75, 3.05) is 38.2 Å². The van der Waals surface area contributed by atoms with Crippen LogP contribution in [0.25, 0.3) is 22.4 Å². The van der Waals surface area contributed by atoms with Gasteiger partial charge in [-0.3, -0.25) is 4.79 Å². The first-order valence-corrected chi connectivity index (χ1v) is 13.0. The van der Waals surface area contributed by atoms with Crippen LogP contribution in [0.5, 0.6) is 5.75 Å². The van der Waals surface area contributed by atoms with E-state index in [0.717, 1.165) is 11.2 Å². The van der Waals surface area contributed by atoms with Gasteiger partial charge in [0.1, 0.15) is 17.0 Å². The summed E-state index contributed by atoms with van der Waals surface area (Å²) in [6, 6.07) is 4.58. The van der Waals surface area contributed by atoms with E-state index in [0.29, 0.717) is 41.9 Å². The molecule has 0 aliphatic carbocycles. The number of carbonyl (C=O) groups is 1. The van der Waals surface area contributed by atoms with Gasteiger partial charge in [-0.2, -0.15) is 22.5 Å². The number of amides is 1. The summed E-state index contributed by atoms with van der Waals surface area (Å²) < 4.78 is 55.7. The van der Waals surface area contributed by atoms with E-state index in [4.69, 9.17) is 14.9 Å². The molecular weight excluding hydrogens is 591 g/mol. The number of ether oxygens (including phenoxy) is 1. The lowest BCUT2D eigenvalue weighted by atomic mass is 10.1. The average Bonchev–Trinajstić information content (AvgIpc) is 3.54. The number of halogens is 4. The molecule has 0 radical (unpaired) electrons. The zero-order chi connectivity index (χ0) is 27.2. The molecule has 1 aliphatic heterocycles. The first-order chi connectivity index (χ1) is 18.1. The van der Waals surface area contributed by atoms with Crippen molar-refractivity contribution < 1.29 is 27.1 Å². The van der Waals surface area contributed by atoms with Gasteiger partial charge in [0.25, 0.3) is 5.91 Å². The maximum absolute atomic E-state index is 13.5. The lowest BCUT2D eigenvalue weighted by Gasteiger charge is -2.34. The predicted molar refractivity (Wildman–Crippen MR) is 137 cm³/mol. The number of alkyl halides is 3. The summed E-state index contributed by atoms with van der Waals surface area (Å²) in [6.45, 7) is 3.62. The first-order valence-electron chi connectivity index (χ1n) is 11.4.